The van der Waals surface area contributed by atoms with E-state index in [1.807, 2.05) is 63.2 Å². The van der Waals surface area contributed by atoms with Crippen LogP contribution in [0.25, 0.3) is 0 Å². The van der Waals surface area contributed by atoms with Gasteiger partial charge in [-0.15, -0.1) is 0 Å². The second kappa shape index (κ2) is 8.78. The van der Waals surface area contributed by atoms with Gasteiger partial charge in [0.25, 0.3) is 0 Å². The highest BCUT2D eigenvalue weighted by Gasteiger charge is 2.29. The van der Waals surface area contributed by atoms with Crippen LogP contribution in [0, 0.1) is 12.8 Å². The minimum Gasteiger partial charge on any atom is -0.491 e. The number of ether oxygens (including phenoxy) is 1. The third-order valence-corrected chi connectivity index (χ3v) is 4.49. The summed E-state index contributed by atoms with van der Waals surface area (Å²) in [6.45, 7) is 5.99. The maximum atomic E-state index is 12.2. The SMILES string of the molecule is Cc1c(NCC(=O)Nc2ccc(OC(C)C)cc2)cccc1NC(=O)C1CC1. The van der Waals surface area contributed by atoms with Gasteiger partial charge >= 0.3 is 0 Å². The highest BCUT2D eigenvalue weighted by atomic mass is 16.5. The Kier molecular flexibility index (Phi) is 6.19. The van der Waals surface area contributed by atoms with Crippen LogP contribution in [-0.4, -0.2) is 24.5 Å². The maximum Gasteiger partial charge on any atom is 0.243 e. The first-order chi connectivity index (χ1) is 13.4. The lowest BCUT2D eigenvalue weighted by Gasteiger charge is -2.14. The summed E-state index contributed by atoms with van der Waals surface area (Å²) < 4.78 is 5.59. The molecule has 3 N–H and O–H groups in total. The Morgan fingerprint density at radius 1 is 1.04 bits per heavy atom. The molecule has 6 nitrogen and oxygen atoms in total. The first kappa shape index (κ1) is 19.7. The van der Waals surface area contributed by atoms with Gasteiger partial charge in [0.2, 0.25) is 11.8 Å². The first-order valence-electron chi connectivity index (χ1n) is 9.63. The minimum atomic E-state index is -0.149. The van der Waals surface area contributed by atoms with E-state index in [9.17, 15) is 9.59 Å². The van der Waals surface area contributed by atoms with E-state index in [0.29, 0.717) is 5.69 Å². The second-order valence-electron chi connectivity index (χ2n) is 7.33. The topological polar surface area (TPSA) is 79.5 Å². The van der Waals surface area contributed by atoms with E-state index in [0.717, 1.165) is 35.5 Å². The van der Waals surface area contributed by atoms with Crippen molar-refractivity contribution in [1.29, 1.82) is 0 Å². The van der Waals surface area contributed by atoms with Gasteiger partial charge in [-0.3, -0.25) is 9.59 Å². The zero-order valence-corrected chi connectivity index (χ0v) is 16.5. The van der Waals surface area contributed by atoms with Crippen molar-refractivity contribution in [3.8, 4) is 5.75 Å². The molecular weight excluding hydrogens is 354 g/mol. The van der Waals surface area contributed by atoms with Gasteiger partial charge in [-0.1, -0.05) is 6.07 Å². The van der Waals surface area contributed by atoms with E-state index in [1.165, 1.54) is 0 Å². The summed E-state index contributed by atoms with van der Waals surface area (Å²) in [5.74, 6) is 0.846. The molecule has 0 saturated heterocycles. The molecular formula is C22H27N3O3. The van der Waals surface area contributed by atoms with Crippen molar-refractivity contribution in [2.24, 2.45) is 5.92 Å². The van der Waals surface area contributed by atoms with E-state index in [1.54, 1.807) is 0 Å². The molecule has 6 heteroatoms. The summed E-state index contributed by atoms with van der Waals surface area (Å²) in [4.78, 5) is 24.2. The van der Waals surface area contributed by atoms with Crippen LogP contribution >= 0.6 is 0 Å². The van der Waals surface area contributed by atoms with E-state index >= 15 is 0 Å². The van der Waals surface area contributed by atoms with Gasteiger partial charge in [-0.2, -0.15) is 0 Å². The van der Waals surface area contributed by atoms with Crippen LogP contribution in [0.5, 0.6) is 5.75 Å². The van der Waals surface area contributed by atoms with Crippen molar-refractivity contribution in [3.05, 3.63) is 48.0 Å². The Morgan fingerprint density at radius 3 is 2.36 bits per heavy atom. The van der Waals surface area contributed by atoms with Gasteiger partial charge in [0.1, 0.15) is 5.75 Å². The molecule has 2 amide bonds. The number of carbonyl (C=O) groups is 2. The van der Waals surface area contributed by atoms with Crippen LogP contribution < -0.4 is 20.7 Å². The summed E-state index contributed by atoms with van der Waals surface area (Å²) in [5.41, 5.74) is 3.23. The average molecular weight is 381 g/mol. The van der Waals surface area contributed by atoms with Gasteiger partial charge in [0.15, 0.2) is 0 Å². The molecule has 148 valence electrons. The Balaban J connectivity index is 1.53. The van der Waals surface area contributed by atoms with Gasteiger partial charge in [-0.25, -0.2) is 0 Å². The molecule has 1 saturated carbocycles. The molecule has 2 aromatic carbocycles. The molecule has 3 rings (SSSR count). The fourth-order valence-electron chi connectivity index (χ4n) is 2.81. The molecule has 0 bridgehead atoms. The average Bonchev–Trinajstić information content (AvgIpc) is 3.49. The highest BCUT2D eigenvalue weighted by molar-refractivity contribution is 5.96. The third-order valence-electron chi connectivity index (χ3n) is 4.49. The summed E-state index contributed by atoms with van der Waals surface area (Å²) in [7, 11) is 0. The molecule has 1 aliphatic rings. The Bertz CT molecular complexity index is 843. The quantitative estimate of drug-likeness (QED) is 0.641. The normalized spacial score (nSPS) is 13.1. The van der Waals surface area contributed by atoms with Crippen molar-refractivity contribution in [1.82, 2.24) is 0 Å². The number of hydrogen-bond acceptors (Lipinski definition) is 4. The van der Waals surface area contributed by atoms with Crippen molar-refractivity contribution in [2.45, 2.75) is 39.7 Å². The van der Waals surface area contributed by atoms with Crippen LogP contribution in [0.15, 0.2) is 42.5 Å². The Labute approximate surface area is 165 Å². The van der Waals surface area contributed by atoms with Gasteiger partial charge in [-0.05, 0) is 75.6 Å². The molecule has 0 atom stereocenters. The molecule has 0 aliphatic heterocycles. The fraction of sp³-hybridized carbons (Fsp3) is 0.364. The number of nitrogens with one attached hydrogen (secondary N) is 3. The first-order valence-corrected chi connectivity index (χ1v) is 9.63. The van der Waals surface area contributed by atoms with Crippen LogP contribution in [0.2, 0.25) is 0 Å². The van der Waals surface area contributed by atoms with E-state index in [4.69, 9.17) is 4.74 Å². The summed E-state index contributed by atoms with van der Waals surface area (Å²) in [5, 5.41) is 8.96. The molecule has 0 aromatic heterocycles. The summed E-state index contributed by atoms with van der Waals surface area (Å²) in [6.07, 6.45) is 2.04. The largest absolute Gasteiger partial charge is 0.491 e. The van der Waals surface area contributed by atoms with Crippen molar-refractivity contribution in [2.75, 3.05) is 22.5 Å². The summed E-state index contributed by atoms with van der Waals surface area (Å²) >= 11 is 0. The number of anilines is 3. The Morgan fingerprint density at radius 2 is 1.71 bits per heavy atom. The lowest BCUT2D eigenvalue weighted by Crippen LogP contribution is -2.22. The zero-order chi connectivity index (χ0) is 20.1. The number of carbonyl (C=O) groups excluding carboxylic acids is 2. The van der Waals surface area contributed by atoms with Crippen LogP contribution in [0.3, 0.4) is 0 Å². The Hall–Kier alpha value is -3.02. The van der Waals surface area contributed by atoms with E-state index in [2.05, 4.69) is 16.0 Å². The lowest BCUT2D eigenvalue weighted by atomic mass is 10.1. The number of benzene rings is 2. The molecule has 1 fully saturated rings. The standard InChI is InChI=1S/C22H27N3O3/c1-14(2)28-18-11-9-17(10-12-18)24-21(26)13-23-19-5-4-6-20(15(19)3)25-22(27)16-7-8-16/h4-6,9-12,14,16,23H,7-8,13H2,1-3H3,(H,24,26)(H,25,27). The molecule has 1 aliphatic carbocycles. The lowest BCUT2D eigenvalue weighted by molar-refractivity contribution is -0.117. The van der Waals surface area contributed by atoms with E-state index < -0.39 is 0 Å². The predicted octanol–water partition coefficient (Wildman–Crippen LogP) is 4.18. The second-order valence-corrected chi connectivity index (χ2v) is 7.33. The van der Waals surface area contributed by atoms with Crippen molar-refractivity contribution < 1.29 is 14.3 Å². The number of hydrogen-bond donors (Lipinski definition) is 3. The van der Waals surface area contributed by atoms with Gasteiger partial charge in [0.05, 0.1) is 12.6 Å². The molecule has 0 unspecified atom stereocenters. The zero-order valence-electron chi connectivity index (χ0n) is 16.5. The fourth-order valence-corrected chi connectivity index (χ4v) is 2.81. The maximum absolute atomic E-state index is 12.2. The number of rotatable bonds is 8. The molecule has 0 spiro atoms. The van der Waals surface area contributed by atoms with Crippen LogP contribution in [-0.2, 0) is 9.59 Å². The van der Waals surface area contributed by atoms with Crippen molar-refractivity contribution in [3.63, 3.8) is 0 Å². The summed E-state index contributed by atoms with van der Waals surface area (Å²) in [6, 6.07) is 12.9. The minimum absolute atomic E-state index is 0.0721. The monoisotopic (exact) mass is 381 g/mol. The molecule has 28 heavy (non-hydrogen) atoms. The van der Waals surface area contributed by atoms with Gasteiger partial charge in [0, 0.05) is 23.0 Å². The smallest absolute Gasteiger partial charge is 0.243 e. The van der Waals surface area contributed by atoms with Crippen LogP contribution in [0.1, 0.15) is 32.3 Å². The highest BCUT2D eigenvalue weighted by Crippen LogP contribution is 2.31. The van der Waals surface area contributed by atoms with E-state index in [-0.39, 0.29) is 30.4 Å². The molecule has 0 radical (unpaired) electrons. The van der Waals surface area contributed by atoms with Crippen LogP contribution in [0.4, 0.5) is 17.1 Å². The van der Waals surface area contributed by atoms with Gasteiger partial charge < -0.3 is 20.7 Å². The molecule has 2 aromatic rings. The third kappa shape index (κ3) is 5.49. The molecule has 0 heterocycles. The van der Waals surface area contributed by atoms with Crippen molar-refractivity contribution >= 4 is 28.9 Å². The predicted molar refractivity (Wildman–Crippen MR) is 112 cm³/mol. The number of amides is 2.